The number of nitrogens with two attached hydrogens (primary N) is 1. The molecule has 6 nitrogen and oxygen atoms in total. The van der Waals surface area contributed by atoms with Crippen LogP contribution in [0.3, 0.4) is 0 Å². The van der Waals surface area contributed by atoms with Crippen LogP contribution in [0, 0.1) is 6.92 Å². The Balaban J connectivity index is 2.24. The summed E-state index contributed by atoms with van der Waals surface area (Å²) in [5.74, 6) is 0.463. The first kappa shape index (κ1) is 15.7. The Morgan fingerprint density at radius 2 is 2.18 bits per heavy atom. The van der Waals surface area contributed by atoms with Crippen molar-refractivity contribution in [2.45, 2.75) is 20.5 Å². The molecule has 2 N–H and O–H groups in total. The van der Waals surface area contributed by atoms with Crippen LogP contribution < -0.4 is 15.2 Å². The van der Waals surface area contributed by atoms with E-state index in [0.717, 1.165) is 5.69 Å². The highest BCUT2D eigenvalue weighted by Crippen LogP contribution is 2.29. The van der Waals surface area contributed by atoms with E-state index >= 15 is 0 Å². The van der Waals surface area contributed by atoms with Gasteiger partial charge in [0.25, 0.3) is 0 Å². The van der Waals surface area contributed by atoms with Crippen molar-refractivity contribution in [2.75, 3.05) is 12.3 Å². The number of rotatable bonds is 6. The fourth-order valence-corrected chi connectivity index (χ4v) is 1.79. The first-order chi connectivity index (χ1) is 10.5. The van der Waals surface area contributed by atoms with Crippen LogP contribution >= 0.6 is 0 Å². The lowest BCUT2D eigenvalue weighted by Crippen LogP contribution is -2.05. The number of halogens is 2. The van der Waals surface area contributed by atoms with Crippen LogP contribution in [0.1, 0.15) is 18.2 Å². The van der Waals surface area contributed by atoms with Crippen molar-refractivity contribution in [3.8, 4) is 11.5 Å². The predicted molar refractivity (Wildman–Crippen MR) is 78.6 cm³/mol. The molecular weight excluding hydrogens is 294 g/mol. The maximum Gasteiger partial charge on any atom is 0.387 e. The molecular formula is C14H16F2N4O2. The van der Waals surface area contributed by atoms with E-state index in [2.05, 4.69) is 14.8 Å². The van der Waals surface area contributed by atoms with Gasteiger partial charge in [-0.25, -0.2) is 9.66 Å². The monoisotopic (exact) mass is 310 g/mol. The maximum atomic E-state index is 12.3. The van der Waals surface area contributed by atoms with Crippen LogP contribution in [-0.2, 0) is 0 Å². The summed E-state index contributed by atoms with van der Waals surface area (Å²) in [6.45, 7) is 0.967. The third-order valence-electron chi connectivity index (χ3n) is 2.65. The summed E-state index contributed by atoms with van der Waals surface area (Å²) < 4.78 is 35.8. The van der Waals surface area contributed by atoms with E-state index in [1.54, 1.807) is 32.2 Å². The predicted octanol–water partition coefficient (Wildman–Crippen LogP) is 2.66. The van der Waals surface area contributed by atoms with Gasteiger partial charge in [0, 0.05) is 0 Å². The zero-order valence-corrected chi connectivity index (χ0v) is 12.2. The molecule has 1 aromatic carbocycles. The smallest absolute Gasteiger partial charge is 0.387 e. The zero-order chi connectivity index (χ0) is 16.1. The van der Waals surface area contributed by atoms with Crippen molar-refractivity contribution in [3.05, 3.63) is 35.7 Å². The van der Waals surface area contributed by atoms with Gasteiger partial charge >= 0.3 is 6.61 Å². The van der Waals surface area contributed by atoms with Gasteiger partial charge in [0.2, 0.25) is 5.95 Å². The molecule has 0 unspecified atom stereocenters. The van der Waals surface area contributed by atoms with Gasteiger partial charge in [-0.15, -0.1) is 0 Å². The average Bonchev–Trinajstić information content (AvgIpc) is 2.77. The zero-order valence-electron chi connectivity index (χ0n) is 12.2. The first-order valence-corrected chi connectivity index (χ1v) is 6.57. The van der Waals surface area contributed by atoms with Crippen molar-refractivity contribution in [1.82, 2.24) is 9.66 Å². The van der Waals surface area contributed by atoms with Crippen LogP contribution in [0.5, 0.6) is 11.5 Å². The molecule has 0 atom stereocenters. The summed E-state index contributed by atoms with van der Waals surface area (Å²) in [5, 5.41) is 4.15. The minimum absolute atomic E-state index is 0.0213. The molecule has 22 heavy (non-hydrogen) atoms. The number of benzene rings is 1. The van der Waals surface area contributed by atoms with Crippen LogP contribution in [0.2, 0.25) is 0 Å². The fraction of sp³-hybridized carbons (Fsp3) is 0.286. The average molecular weight is 310 g/mol. The number of ether oxygens (including phenoxy) is 2. The molecule has 1 aromatic heterocycles. The third kappa shape index (κ3) is 3.94. The highest BCUT2D eigenvalue weighted by molar-refractivity contribution is 5.81. The molecule has 0 aliphatic rings. The van der Waals surface area contributed by atoms with Crippen LogP contribution in [0.15, 0.2) is 29.5 Å². The topological polar surface area (TPSA) is 74.7 Å². The van der Waals surface area contributed by atoms with Crippen molar-refractivity contribution >= 4 is 12.2 Å². The van der Waals surface area contributed by atoms with Gasteiger partial charge in [-0.1, -0.05) is 0 Å². The third-order valence-corrected chi connectivity index (χ3v) is 2.65. The number of alkyl halides is 2. The van der Waals surface area contributed by atoms with Gasteiger partial charge < -0.3 is 15.2 Å². The van der Waals surface area contributed by atoms with Gasteiger partial charge in [-0.05, 0) is 37.6 Å². The minimum Gasteiger partial charge on any atom is -0.490 e. The number of nitrogen functional groups attached to an aromatic ring is 1. The molecule has 0 spiro atoms. The summed E-state index contributed by atoms with van der Waals surface area (Å²) in [4.78, 5) is 4.02. The normalized spacial score (nSPS) is 11.3. The molecule has 2 aromatic rings. The number of hydrogen-bond acceptors (Lipinski definition) is 5. The van der Waals surface area contributed by atoms with Crippen molar-refractivity contribution in [3.63, 3.8) is 0 Å². The number of aryl methyl sites for hydroxylation is 1. The second kappa shape index (κ2) is 6.88. The quantitative estimate of drug-likeness (QED) is 0.832. The van der Waals surface area contributed by atoms with Gasteiger partial charge in [-0.3, -0.25) is 0 Å². The van der Waals surface area contributed by atoms with E-state index in [0.29, 0.717) is 12.2 Å². The number of anilines is 1. The summed E-state index contributed by atoms with van der Waals surface area (Å²) in [6, 6.07) is 4.55. The minimum atomic E-state index is -2.91. The second-order valence-electron chi connectivity index (χ2n) is 4.35. The lowest BCUT2D eigenvalue weighted by molar-refractivity contribution is -0.0514. The Hall–Kier alpha value is -2.64. The molecule has 0 radical (unpaired) electrons. The van der Waals surface area contributed by atoms with Crippen LogP contribution in [-0.4, -0.2) is 29.1 Å². The number of aromatic nitrogens is 2. The molecule has 1 heterocycles. The van der Waals surface area contributed by atoms with Crippen molar-refractivity contribution in [1.29, 1.82) is 0 Å². The van der Waals surface area contributed by atoms with E-state index in [-0.39, 0.29) is 17.4 Å². The van der Waals surface area contributed by atoms with E-state index in [9.17, 15) is 8.78 Å². The molecule has 0 aliphatic heterocycles. The van der Waals surface area contributed by atoms with Gasteiger partial charge in [-0.2, -0.15) is 13.9 Å². The highest BCUT2D eigenvalue weighted by atomic mass is 19.3. The van der Waals surface area contributed by atoms with E-state index in [1.165, 1.54) is 17.0 Å². The lowest BCUT2D eigenvalue weighted by Gasteiger charge is -2.11. The van der Waals surface area contributed by atoms with Crippen LogP contribution in [0.4, 0.5) is 14.7 Å². The molecule has 0 saturated carbocycles. The first-order valence-electron chi connectivity index (χ1n) is 6.57. The van der Waals surface area contributed by atoms with Crippen LogP contribution in [0.25, 0.3) is 0 Å². The Bertz CT molecular complexity index is 671. The SMILES string of the molecule is CCOc1cc(C=Nn2cc(C)nc2N)ccc1OC(F)F. The fourth-order valence-electron chi connectivity index (χ4n) is 1.79. The maximum absolute atomic E-state index is 12.3. The van der Waals surface area contributed by atoms with Gasteiger partial charge in [0.05, 0.1) is 24.7 Å². The number of hydrogen-bond donors (Lipinski definition) is 1. The molecule has 8 heteroatoms. The molecule has 0 saturated heterocycles. The van der Waals surface area contributed by atoms with Crippen molar-refractivity contribution in [2.24, 2.45) is 5.10 Å². The summed E-state index contributed by atoms with van der Waals surface area (Å²) in [6.07, 6.45) is 3.19. The van der Waals surface area contributed by atoms with E-state index in [1.807, 2.05) is 0 Å². The molecule has 118 valence electrons. The van der Waals surface area contributed by atoms with Gasteiger partial charge in [0.1, 0.15) is 0 Å². The molecule has 0 amide bonds. The summed E-state index contributed by atoms with van der Waals surface area (Å²) in [7, 11) is 0. The second-order valence-corrected chi connectivity index (χ2v) is 4.35. The molecule has 2 rings (SSSR count). The number of nitrogens with zero attached hydrogens (tertiary/aromatic N) is 3. The van der Waals surface area contributed by atoms with E-state index < -0.39 is 6.61 Å². The Morgan fingerprint density at radius 3 is 2.77 bits per heavy atom. The van der Waals surface area contributed by atoms with Gasteiger partial charge in [0.15, 0.2) is 11.5 Å². The standard InChI is InChI=1S/C14H16F2N4O2/c1-3-21-12-6-10(4-5-11(12)22-13(15)16)7-18-20-8-9(2)19-14(20)17/h4-8,13H,3H2,1-2H3,(H2,17,19). The molecule has 0 aliphatic carbocycles. The lowest BCUT2D eigenvalue weighted by atomic mass is 10.2. The highest BCUT2D eigenvalue weighted by Gasteiger charge is 2.11. The van der Waals surface area contributed by atoms with Crippen molar-refractivity contribution < 1.29 is 18.3 Å². The Kier molecular flexibility index (Phi) is 4.92. The molecule has 0 bridgehead atoms. The Labute approximate surface area is 126 Å². The number of imidazole rings is 1. The summed E-state index contributed by atoms with van der Waals surface area (Å²) in [5.41, 5.74) is 7.06. The summed E-state index contributed by atoms with van der Waals surface area (Å²) >= 11 is 0. The molecule has 0 fully saturated rings. The Morgan fingerprint density at radius 1 is 1.41 bits per heavy atom. The van der Waals surface area contributed by atoms with E-state index in [4.69, 9.17) is 10.5 Å². The largest absolute Gasteiger partial charge is 0.490 e.